The van der Waals surface area contributed by atoms with Crippen LogP contribution < -0.4 is 0 Å². The zero-order valence-electron chi connectivity index (χ0n) is 8.61. The van der Waals surface area contributed by atoms with Crippen molar-refractivity contribution in [2.24, 2.45) is 0 Å². The molecule has 1 aromatic rings. The van der Waals surface area contributed by atoms with Crippen molar-refractivity contribution in [1.29, 1.82) is 0 Å². The maximum Gasteiger partial charge on any atom is 0.141 e. The van der Waals surface area contributed by atoms with E-state index in [9.17, 15) is 9.50 Å². The minimum atomic E-state index is -0.949. The number of aliphatic hydroxyl groups is 1. The number of nitrogens with zero attached hydrogens (tertiary/aromatic N) is 1. The van der Waals surface area contributed by atoms with Crippen molar-refractivity contribution in [3.8, 4) is 0 Å². The van der Waals surface area contributed by atoms with Gasteiger partial charge in [0.05, 0.1) is 17.9 Å². The first-order valence-corrected chi connectivity index (χ1v) is 5.09. The van der Waals surface area contributed by atoms with E-state index in [2.05, 4.69) is 4.98 Å². The van der Waals surface area contributed by atoms with Crippen LogP contribution in [0.2, 0.25) is 0 Å². The average Bonchev–Trinajstić information content (AvgIpc) is 2.15. The molecule has 15 heavy (non-hydrogen) atoms. The van der Waals surface area contributed by atoms with Crippen LogP contribution in [0.3, 0.4) is 0 Å². The first-order valence-electron chi connectivity index (χ1n) is 5.09. The molecule has 0 unspecified atom stereocenters. The first kappa shape index (κ1) is 10.5. The summed E-state index contributed by atoms with van der Waals surface area (Å²) in [6.45, 7) is 2.56. The molecule has 2 rings (SSSR count). The maximum absolute atomic E-state index is 12.9. The molecule has 3 nitrogen and oxygen atoms in total. The van der Waals surface area contributed by atoms with Crippen LogP contribution >= 0.6 is 0 Å². The second-order valence-corrected chi connectivity index (χ2v) is 3.91. The smallest absolute Gasteiger partial charge is 0.141 e. The molecular formula is C11H14FNO2. The van der Waals surface area contributed by atoms with Crippen LogP contribution in [-0.4, -0.2) is 22.8 Å². The van der Waals surface area contributed by atoms with Gasteiger partial charge >= 0.3 is 0 Å². The lowest BCUT2D eigenvalue weighted by Crippen LogP contribution is -2.46. The predicted octanol–water partition coefficient (Wildman–Crippen LogP) is 1.61. The summed E-state index contributed by atoms with van der Waals surface area (Å²) in [6.07, 6.45) is 3.76. The zero-order chi connectivity index (χ0) is 10.9. The van der Waals surface area contributed by atoms with Crippen molar-refractivity contribution in [2.75, 3.05) is 6.61 Å². The molecule has 82 valence electrons. The van der Waals surface area contributed by atoms with Crippen LogP contribution in [0.25, 0.3) is 0 Å². The molecule has 0 atom stereocenters. The molecule has 0 bridgehead atoms. The van der Waals surface area contributed by atoms with Crippen molar-refractivity contribution in [3.05, 3.63) is 29.8 Å². The highest BCUT2D eigenvalue weighted by Crippen LogP contribution is 2.42. The topological polar surface area (TPSA) is 42.4 Å². The van der Waals surface area contributed by atoms with E-state index in [0.29, 0.717) is 25.0 Å². The van der Waals surface area contributed by atoms with Crippen molar-refractivity contribution < 1.29 is 14.2 Å². The van der Waals surface area contributed by atoms with E-state index in [1.807, 2.05) is 6.92 Å². The van der Waals surface area contributed by atoms with E-state index in [1.54, 1.807) is 0 Å². The Labute approximate surface area is 87.9 Å². The maximum atomic E-state index is 12.9. The minimum Gasteiger partial charge on any atom is -0.385 e. The number of pyridine rings is 1. The van der Waals surface area contributed by atoms with Crippen LogP contribution in [0.15, 0.2) is 18.5 Å². The third-order valence-corrected chi connectivity index (χ3v) is 2.78. The standard InChI is InChI=1S/C11H14FNO2/c1-2-15-10-4-11(14,5-10)8-3-9(12)7-13-6-8/h3,6-7,10,14H,2,4-5H2,1H3. The van der Waals surface area contributed by atoms with Gasteiger partial charge in [0.1, 0.15) is 5.82 Å². The van der Waals surface area contributed by atoms with Gasteiger partial charge in [-0.2, -0.15) is 0 Å². The largest absolute Gasteiger partial charge is 0.385 e. The molecule has 0 amide bonds. The van der Waals surface area contributed by atoms with Gasteiger partial charge in [-0.1, -0.05) is 0 Å². The minimum absolute atomic E-state index is 0.0864. The van der Waals surface area contributed by atoms with E-state index in [0.717, 1.165) is 6.20 Å². The summed E-state index contributed by atoms with van der Waals surface area (Å²) < 4.78 is 18.2. The second-order valence-electron chi connectivity index (χ2n) is 3.91. The summed E-state index contributed by atoms with van der Waals surface area (Å²) in [6, 6.07) is 1.33. The fourth-order valence-electron chi connectivity index (χ4n) is 1.95. The highest BCUT2D eigenvalue weighted by Gasteiger charge is 2.44. The van der Waals surface area contributed by atoms with Crippen LogP contribution in [0.5, 0.6) is 0 Å². The normalized spacial score (nSPS) is 29.9. The van der Waals surface area contributed by atoms with Crippen molar-refractivity contribution in [1.82, 2.24) is 4.98 Å². The Balaban J connectivity index is 2.06. The van der Waals surface area contributed by atoms with E-state index in [4.69, 9.17) is 4.74 Å². The molecule has 0 aromatic carbocycles. The molecule has 4 heteroatoms. The quantitative estimate of drug-likeness (QED) is 0.825. The molecule has 1 aliphatic rings. The molecule has 0 spiro atoms. The molecule has 0 saturated heterocycles. The van der Waals surface area contributed by atoms with Crippen molar-refractivity contribution in [2.45, 2.75) is 31.5 Å². The Hall–Kier alpha value is -1.00. The molecule has 1 heterocycles. The molecule has 1 aromatic heterocycles. The lowest BCUT2D eigenvalue weighted by molar-refractivity contribution is -0.143. The lowest BCUT2D eigenvalue weighted by Gasteiger charge is -2.43. The van der Waals surface area contributed by atoms with Gasteiger partial charge in [0.2, 0.25) is 0 Å². The van der Waals surface area contributed by atoms with Crippen LogP contribution in [-0.2, 0) is 10.3 Å². The fraction of sp³-hybridized carbons (Fsp3) is 0.545. The first-order chi connectivity index (χ1) is 7.14. The summed E-state index contributed by atoms with van der Waals surface area (Å²) in [4.78, 5) is 3.73. The van der Waals surface area contributed by atoms with Crippen LogP contribution in [0.4, 0.5) is 4.39 Å². The van der Waals surface area contributed by atoms with Gasteiger partial charge in [0.25, 0.3) is 0 Å². The number of hydrogen-bond acceptors (Lipinski definition) is 3. The summed E-state index contributed by atoms with van der Waals surface area (Å²) in [5.74, 6) is -0.416. The molecule has 1 fully saturated rings. The summed E-state index contributed by atoms with van der Waals surface area (Å²) in [5, 5.41) is 10.1. The Bertz CT molecular complexity index is 350. The number of aromatic nitrogens is 1. The molecule has 1 aliphatic carbocycles. The Morgan fingerprint density at radius 3 is 2.93 bits per heavy atom. The SMILES string of the molecule is CCOC1CC(O)(c2cncc(F)c2)C1. The Morgan fingerprint density at radius 1 is 1.60 bits per heavy atom. The van der Waals surface area contributed by atoms with Gasteiger partial charge in [0.15, 0.2) is 0 Å². The summed E-state index contributed by atoms with van der Waals surface area (Å²) in [7, 11) is 0. The van der Waals surface area contributed by atoms with Crippen molar-refractivity contribution in [3.63, 3.8) is 0 Å². The Kier molecular flexibility index (Phi) is 2.71. The molecule has 0 radical (unpaired) electrons. The third kappa shape index (κ3) is 2.01. The van der Waals surface area contributed by atoms with Crippen LogP contribution in [0.1, 0.15) is 25.3 Å². The van der Waals surface area contributed by atoms with Crippen LogP contribution in [0, 0.1) is 5.82 Å². The lowest BCUT2D eigenvalue weighted by atomic mass is 9.73. The van der Waals surface area contributed by atoms with Gasteiger partial charge < -0.3 is 9.84 Å². The van der Waals surface area contributed by atoms with Gasteiger partial charge in [-0.15, -0.1) is 0 Å². The van der Waals surface area contributed by atoms with Gasteiger partial charge in [0, 0.05) is 31.2 Å². The summed E-state index contributed by atoms with van der Waals surface area (Å²) in [5.41, 5.74) is -0.409. The highest BCUT2D eigenvalue weighted by molar-refractivity contribution is 5.23. The number of rotatable bonds is 3. The Morgan fingerprint density at radius 2 is 2.33 bits per heavy atom. The monoisotopic (exact) mass is 211 g/mol. The van der Waals surface area contributed by atoms with E-state index < -0.39 is 11.4 Å². The van der Waals surface area contributed by atoms with Gasteiger partial charge in [-0.3, -0.25) is 4.98 Å². The molecule has 0 aliphatic heterocycles. The number of hydrogen-bond donors (Lipinski definition) is 1. The molecule has 1 saturated carbocycles. The third-order valence-electron chi connectivity index (χ3n) is 2.78. The highest BCUT2D eigenvalue weighted by atomic mass is 19.1. The summed E-state index contributed by atoms with van der Waals surface area (Å²) >= 11 is 0. The average molecular weight is 211 g/mol. The number of halogens is 1. The molecular weight excluding hydrogens is 197 g/mol. The molecule has 1 N–H and O–H groups in total. The van der Waals surface area contributed by atoms with E-state index >= 15 is 0 Å². The van der Waals surface area contributed by atoms with Gasteiger partial charge in [-0.05, 0) is 13.0 Å². The zero-order valence-corrected chi connectivity index (χ0v) is 8.61. The van der Waals surface area contributed by atoms with Crippen molar-refractivity contribution >= 4 is 0 Å². The second kappa shape index (κ2) is 3.87. The van der Waals surface area contributed by atoms with E-state index in [-0.39, 0.29) is 6.10 Å². The van der Waals surface area contributed by atoms with E-state index in [1.165, 1.54) is 12.3 Å². The predicted molar refractivity (Wildman–Crippen MR) is 52.7 cm³/mol. The fourth-order valence-corrected chi connectivity index (χ4v) is 1.95. The number of ether oxygens (including phenoxy) is 1. The van der Waals surface area contributed by atoms with Gasteiger partial charge in [-0.25, -0.2) is 4.39 Å².